The summed E-state index contributed by atoms with van der Waals surface area (Å²) in [6.07, 6.45) is 0. The van der Waals surface area contributed by atoms with E-state index in [1.54, 1.807) is 18.5 Å². The lowest BCUT2D eigenvalue weighted by Gasteiger charge is -2.28. The number of nitrogens with one attached hydrogen (secondary N) is 2. The number of carbonyl (C=O) groups is 2. The molecule has 1 aliphatic rings. The molecule has 2 heterocycles. The number of imidazole rings is 1. The van der Waals surface area contributed by atoms with E-state index < -0.39 is 0 Å². The highest BCUT2D eigenvalue weighted by Gasteiger charge is 2.24. The zero-order chi connectivity index (χ0) is 12.6. The summed E-state index contributed by atoms with van der Waals surface area (Å²) in [6.45, 7) is 4.77. The molecule has 1 saturated heterocycles. The number of hydrogen-bond acceptors (Lipinski definition) is 4. The van der Waals surface area contributed by atoms with Gasteiger partial charge in [-0.25, -0.2) is 4.98 Å². The first kappa shape index (κ1) is 11.8. The number of carbonyl (C=O) groups excluding carboxylic acids is 2. The Bertz CT molecular complexity index is 474. The largest absolute Gasteiger partial charge is 0.345 e. The van der Waals surface area contributed by atoms with Gasteiger partial charge in [0.15, 0.2) is 11.6 Å². The van der Waals surface area contributed by atoms with Crippen molar-refractivity contribution >= 4 is 11.7 Å². The lowest BCUT2D eigenvalue weighted by atomic mass is 10.1. The molecule has 6 heteroatoms. The second-order valence-electron chi connectivity index (χ2n) is 4.31. The Balaban J connectivity index is 2.24. The van der Waals surface area contributed by atoms with Crippen LogP contribution in [0.1, 0.15) is 33.7 Å². The molecule has 1 aliphatic heterocycles. The normalized spacial score (nSPS) is 15.5. The van der Waals surface area contributed by atoms with Crippen LogP contribution < -0.4 is 10.6 Å². The van der Waals surface area contributed by atoms with E-state index in [1.807, 2.05) is 0 Å². The topological polar surface area (TPSA) is 76.0 Å². The van der Waals surface area contributed by atoms with Gasteiger partial charge in [0.2, 0.25) is 0 Å². The van der Waals surface area contributed by atoms with Crippen molar-refractivity contribution in [2.24, 2.45) is 7.05 Å². The number of hydrogen-bond donors (Lipinski definition) is 2. The van der Waals surface area contributed by atoms with E-state index in [4.69, 9.17) is 0 Å². The van der Waals surface area contributed by atoms with Crippen LogP contribution in [0, 0.1) is 6.92 Å². The minimum atomic E-state index is -0.170. The highest BCUT2D eigenvalue weighted by atomic mass is 16.2. The molecule has 92 valence electrons. The Morgan fingerprint density at radius 3 is 2.53 bits per heavy atom. The van der Waals surface area contributed by atoms with Gasteiger partial charge in [-0.3, -0.25) is 9.59 Å². The Morgan fingerprint density at radius 2 is 2.12 bits per heavy atom. The molecule has 17 heavy (non-hydrogen) atoms. The maximum atomic E-state index is 12.0. The Morgan fingerprint density at radius 1 is 1.47 bits per heavy atom. The van der Waals surface area contributed by atoms with Crippen molar-refractivity contribution in [2.45, 2.75) is 19.9 Å². The van der Waals surface area contributed by atoms with E-state index in [1.165, 1.54) is 6.92 Å². The number of amides is 1. The lowest BCUT2D eigenvalue weighted by molar-refractivity contribution is 0.0914. The van der Waals surface area contributed by atoms with Crippen molar-refractivity contribution in [2.75, 3.05) is 13.1 Å². The summed E-state index contributed by atoms with van der Waals surface area (Å²) < 4.78 is 1.55. The SMILES string of the molecule is CC(=O)c1nc(C)c(C(=O)NC2CNC2)n1C. The molecule has 1 aromatic rings. The quantitative estimate of drug-likeness (QED) is 0.702. The molecule has 0 atom stereocenters. The maximum Gasteiger partial charge on any atom is 0.270 e. The first-order valence-electron chi connectivity index (χ1n) is 5.56. The predicted molar refractivity (Wildman–Crippen MR) is 62.1 cm³/mol. The molecule has 1 aromatic heterocycles. The first-order chi connectivity index (χ1) is 8.00. The molecule has 0 spiro atoms. The summed E-state index contributed by atoms with van der Waals surface area (Å²) in [7, 11) is 1.69. The van der Waals surface area contributed by atoms with Crippen molar-refractivity contribution in [1.82, 2.24) is 20.2 Å². The molecule has 2 N–H and O–H groups in total. The summed E-state index contributed by atoms with van der Waals surface area (Å²) in [5.41, 5.74) is 1.05. The molecule has 6 nitrogen and oxygen atoms in total. The highest BCUT2D eigenvalue weighted by Crippen LogP contribution is 2.10. The molecule has 0 aromatic carbocycles. The second kappa shape index (κ2) is 4.29. The smallest absolute Gasteiger partial charge is 0.270 e. The summed E-state index contributed by atoms with van der Waals surface area (Å²) in [5, 5.41) is 5.97. The van der Waals surface area contributed by atoms with Gasteiger partial charge in [-0.2, -0.15) is 0 Å². The van der Waals surface area contributed by atoms with Gasteiger partial charge in [-0.15, -0.1) is 0 Å². The van der Waals surface area contributed by atoms with Gasteiger partial charge in [0.1, 0.15) is 5.69 Å². The molecule has 1 fully saturated rings. The molecule has 0 radical (unpaired) electrons. The Labute approximate surface area is 99.4 Å². The monoisotopic (exact) mass is 236 g/mol. The van der Waals surface area contributed by atoms with Crippen LogP contribution in [0.2, 0.25) is 0 Å². The summed E-state index contributed by atoms with van der Waals surface area (Å²) in [6, 6.07) is 0.178. The number of ketones is 1. The summed E-state index contributed by atoms with van der Waals surface area (Å²) in [4.78, 5) is 27.5. The number of aromatic nitrogens is 2. The van der Waals surface area contributed by atoms with E-state index in [0.717, 1.165) is 13.1 Å². The van der Waals surface area contributed by atoms with Gasteiger partial charge in [0, 0.05) is 27.1 Å². The maximum absolute atomic E-state index is 12.0. The standard InChI is InChI=1S/C11H16N4O2/c1-6-9(11(17)14-8-4-12-5-8)15(3)10(13-6)7(2)16/h8,12H,4-5H2,1-3H3,(H,14,17). The van der Waals surface area contributed by atoms with Gasteiger partial charge >= 0.3 is 0 Å². The number of Topliss-reactive ketones (excluding diaryl/α,β-unsaturated/α-hetero) is 1. The molecule has 1 amide bonds. The van der Waals surface area contributed by atoms with E-state index >= 15 is 0 Å². The van der Waals surface area contributed by atoms with Crippen LogP contribution >= 0.6 is 0 Å². The predicted octanol–water partition coefficient (Wildman–Crippen LogP) is -0.367. The van der Waals surface area contributed by atoms with Crippen molar-refractivity contribution in [3.63, 3.8) is 0 Å². The molecular formula is C11H16N4O2. The molecule has 0 saturated carbocycles. The third kappa shape index (κ3) is 2.08. The van der Waals surface area contributed by atoms with Gasteiger partial charge in [0.05, 0.1) is 11.7 Å². The second-order valence-corrected chi connectivity index (χ2v) is 4.31. The third-order valence-electron chi connectivity index (χ3n) is 2.92. The number of nitrogens with zero attached hydrogens (tertiary/aromatic N) is 2. The zero-order valence-corrected chi connectivity index (χ0v) is 10.2. The van der Waals surface area contributed by atoms with Gasteiger partial charge in [0.25, 0.3) is 5.91 Å². The first-order valence-corrected chi connectivity index (χ1v) is 5.56. The van der Waals surface area contributed by atoms with Crippen molar-refractivity contribution in [3.05, 3.63) is 17.2 Å². The van der Waals surface area contributed by atoms with E-state index in [0.29, 0.717) is 17.2 Å². The van der Waals surface area contributed by atoms with Gasteiger partial charge < -0.3 is 15.2 Å². The van der Waals surface area contributed by atoms with Crippen LogP contribution in [0.5, 0.6) is 0 Å². The minimum absolute atomic E-state index is 0.139. The van der Waals surface area contributed by atoms with Gasteiger partial charge in [-0.1, -0.05) is 0 Å². The molecule has 2 rings (SSSR count). The fraction of sp³-hybridized carbons (Fsp3) is 0.545. The van der Waals surface area contributed by atoms with Crippen LogP contribution in [0.15, 0.2) is 0 Å². The molecule has 0 bridgehead atoms. The number of aryl methyl sites for hydroxylation is 1. The average molecular weight is 236 g/mol. The van der Waals surface area contributed by atoms with E-state index in [-0.39, 0.29) is 17.7 Å². The van der Waals surface area contributed by atoms with Crippen LogP contribution in [0.25, 0.3) is 0 Å². The van der Waals surface area contributed by atoms with Crippen molar-refractivity contribution in [3.8, 4) is 0 Å². The fourth-order valence-corrected chi connectivity index (χ4v) is 1.91. The van der Waals surface area contributed by atoms with E-state index in [9.17, 15) is 9.59 Å². The van der Waals surface area contributed by atoms with Crippen molar-refractivity contribution < 1.29 is 9.59 Å². The lowest BCUT2D eigenvalue weighted by Crippen LogP contribution is -2.57. The fourth-order valence-electron chi connectivity index (χ4n) is 1.91. The van der Waals surface area contributed by atoms with Gasteiger partial charge in [-0.05, 0) is 6.92 Å². The molecular weight excluding hydrogens is 220 g/mol. The van der Waals surface area contributed by atoms with Crippen LogP contribution in [0.3, 0.4) is 0 Å². The van der Waals surface area contributed by atoms with Crippen LogP contribution in [0.4, 0.5) is 0 Å². The van der Waals surface area contributed by atoms with Crippen LogP contribution in [-0.2, 0) is 7.05 Å². The van der Waals surface area contributed by atoms with E-state index in [2.05, 4.69) is 15.6 Å². The zero-order valence-electron chi connectivity index (χ0n) is 10.2. The summed E-state index contributed by atoms with van der Waals surface area (Å²) >= 11 is 0. The van der Waals surface area contributed by atoms with Crippen molar-refractivity contribution in [1.29, 1.82) is 0 Å². The summed E-state index contributed by atoms with van der Waals surface area (Å²) in [5.74, 6) is 0.0100. The molecule has 0 aliphatic carbocycles. The molecule has 0 unspecified atom stereocenters. The average Bonchev–Trinajstić information content (AvgIpc) is 2.48. The Hall–Kier alpha value is -1.69. The minimum Gasteiger partial charge on any atom is -0.345 e. The van der Waals surface area contributed by atoms with Crippen LogP contribution in [-0.4, -0.2) is 40.4 Å². The Kier molecular flexibility index (Phi) is 2.97. The number of rotatable bonds is 3. The highest BCUT2D eigenvalue weighted by molar-refractivity contribution is 5.97. The third-order valence-corrected chi connectivity index (χ3v) is 2.92.